The van der Waals surface area contributed by atoms with E-state index in [4.69, 9.17) is 4.74 Å². The third kappa shape index (κ3) is 6.56. The molecule has 1 unspecified atom stereocenters. The molecular formula is C25H33N3O3. The lowest BCUT2D eigenvalue weighted by molar-refractivity contribution is -0.131. The first-order valence-electron chi connectivity index (χ1n) is 11.1. The van der Waals surface area contributed by atoms with Crippen LogP contribution in [-0.4, -0.2) is 67.5 Å². The van der Waals surface area contributed by atoms with Crippen LogP contribution in [0.25, 0.3) is 0 Å². The van der Waals surface area contributed by atoms with Crippen LogP contribution in [-0.2, 0) is 4.79 Å². The summed E-state index contributed by atoms with van der Waals surface area (Å²) in [6, 6.07) is 17.4. The summed E-state index contributed by atoms with van der Waals surface area (Å²) in [5.41, 5.74) is 1.79. The number of carbonyl (C=O) groups excluding carboxylic acids is 2. The highest BCUT2D eigenvalue weighted by molar-refractivity contribution is 5.94. The van der Waals surface area contributed by atoms with Gasteiger partial charge in [0.05, 0.1) is 6.61 Å². The molecule has 1 aliphatic heterocycles. The summed E-state index contributed by atoms with van der Waals surface area (Å²) in [7, 11) is 0. The van der Waals surface area contributed by atoms with Crippen LogP contribution in [0.15, 0.2) is 54.6 Å². The minimum atomic E-state index is -0.0565. The second-order valence-corrected chi connectivity index (χ2v) is 7.90. The number of benzene rings is 2. The molecule has 1 N–H and O–H groups in total. The molecule has 6 heteroatoms. The molecule has 0 saturated carbocycles. The maximum absolute atomic E-state index is 13.3. The molecule has 6 nitrogen and oxygen atoms in total. The van der Waals surface area contributed by atoms with E-state index in [-0.39, 0.29) is 17.7 Å². The number of hydrogen-bond donors (Lipinski definition) is 1. The highest BCUT2D eigenvalue weighted by Gasteiger charge is 2.22. The van der Waals surface area contributed by atoms with Gasteiger partial charge in [-0.15, -0.1) is 0 Å². The van der Waals surface area contributed by atoms with Crippen LogP contribution in [0.3, 0.4) is 0 Å². The molecule has 1 heterocycles. The normalized spacial score (nSPS) is 14.7. The van der Waals surface area contributed by atoms with Crippen LogP contribution in [0, 0.1) is 0 Å². The Morgan fingerprint density at radius 1 is 1.06 bits per heavy atom. The summed E-state index contributed by atoms with van der Waals surface area (Å²) in [6.07, 6.45) is 0.338. The Morgan fingerprint density at radius 3 is 2.39 bits per heavy atom. The average molecular weight is 424 g/mol. The highest BCUT2D eigenvalue weighted by atomic mass is 16.5. The van der Waals surface area contributed by atoms with Gasteiger partial charge in [-0.2, -0.15) is 0 Å². The van der Waals surface area contributed by atoms with Crippen molar-refractivity contribution < 1.29 is 14.3 Å². The van der Waals surface area contributed by atoms with Crippen LogP contribution < -0.4 is 10.1 Å². The molecule has 1 aliphatic rings. The molecule has 1 fully saturated rings. The number of hydrogen-bond acceptors (Lipinski definition) is 4. The molecule has 1 atom stereocenters. The molecule has 0 bridgehead atoms. The number of carbonyl (C=O) groups is 2. The molecule has 0 aliphatic carbocycles. The lowest BCUT2D eigenvalue weighted by Crippen LogP contribution is -2.47. The van der Waals surface area contributed by atoms with Crippen LogP contribution in [0.2, 0.25) is 0 Å². The van der Waals surface area contributed by atoms with Crippen molar-refractivity contribution in [3.63, 3.8) is 0 Å². The summed E-state index contributed by atoms with van der Waals surface area (Å²) in [5.74, 6) is 0.969. The third-order valence-electron chi connectivity index (χ3n) is 5.63. The van der Waals surface area contributed by atoms with Gasteiger partial charge in [-0.25, -0.2) is 0 Å². The van der Waals surface area contributed by atoms with Crippen molar-refractivity contribution >= 4 is 11.8 Å². The van der Waals surface area contributed by atoms with Gasteiger partial charge < -0.3 is 19.9 Å². The second-order valence-electron chi connectivity index (χ2n) is 7.90. The maximum atomic E-state index is 13.3. The predicted octanol–water partition coefficient (Wildman–Crippen LogP) is 3.15. The van der Waals surface area contributed by atoms with Crippen molar-refractivity contribution in [3.05, 3.63) is 65.7 Å². The first-order valence-corrected chi connectivity index (χ1v) is 11.1. The lowest BCUT2D eigenvalue weighted by Gasteiger charge is -2.30. The topological polar surface area (TPSA) is 61.9 Å². The summed E-state index contributed by atoms with van der Waals surface area (Å²) in [4.78, 5) is 29.7. The van der Waals surface area contributed by atoms with Gasteiger partial charge in [0.1, 0.15) is 5.75 Å². The third-order valence-corrected chi connectivity index (χ3v) is 5.63. The Hall–Kier alpha value is -2.86. The fourth-order valence-corrected chi connectivity index (χ4v) is 3.84. The molecule has 31 heavy (non-hydrogen) atoms. The van der Waals surface area contributed by atoms with Crippen LogP contribution in [0.1, 0.15) is 42.1 Å². The van der Waals surface area contributed by atoms with Gasteiger partial charge in [0.15, 0.2) is 0 Å². The predicted molar refractivity (Wildman–Crippen MR) is 122 cm³/mol. The average Bonchev–Trinajstić information content (AvgIpc) is 2.82. The van der Waals surface area contributed by atoms with Crippen LogP contribution in [0.4, 0.5) is 0 Å². The number of amides is 2. The molecule has 2 aromatic rings. The highest BCUT2D eigenvalue weighted by Crippen LogP contribution is 2.19. The lowest BCUT2D eigenvalue weighted by atomic mass is 10.00. The van der Waals surface area contributed by atoms with Crippen molar-refractivity contribution in [2.45, 2.75) is 26.2 Å². The standard InChI is InChI=1S/C25H33N3O3/c1-3-31-23-11-9-22(10-12-23)25(30)28(19-20(2)21-7-5-4-6-8-21)16-13-24(29)27-17-14-26-15-18-27/h4-12,20,26H,3,13-19H2,1-2H3. The second kappa shape index (κ2) is 11.5. The fraction of sp³-hybridized carbons (Fsp3) is 0.440. The number of rotatable bonds is 9. The maximum Gasteiger partial charge on any atom is 0.253 e. The molecule has 0 aromatic heterocycles. The number of nitrogens with zero attached hydrogens (tertiary/aromatic N) is 2. The van der Waals surface area contributed by atoms with E-state index in [1.54, 1.807) is 12.1 Å². The van der Waals surface area contributed by atoms with Crippen molar-refractivity contribution in [2.24, 2.45) is 0 Å². The molecule has 2 aromatic carbocycles. The number of ether oxygens (including phenoxy) is 1. The molecular weight excluding hydrogens is 390 g/mol. The van der Waals surface area contributed by atoms with E-state index in [0.717, 1.165) is 31.9 Å². The first kappa shape index (κ1) is 22.8. The quantitative estimate of drug-likeness (QED) is 0.673. The van der Waals surface area contributed by atoms with Gasteiger partial charge in [0.2, 0.25) is 5.91 Å². The van der Waals surface area contributed by atoms with Gasteiger partial charge in [-0.1, -0.05) is 37.3 Å². The van der Waals surface area contributed by atoms with Crippen LogP contribution >= 0.6 is 0 Å². The fourth-order valence-electron chi connectivity index (χ4n) is 3.84. The van der Waals surface area contributed by atoms with Crippen molar-refractivity contribution in [3.8, 4) is 5.75 Å². The number of nitrogens with one attached hydrogen (secondary N) is 1. The molecule has 2 amide bonds. The summed E-state index contributed by atoms with van der Waals surface area (Å²) >= 11 is 0. The van der Waals surface area contributed by atoms with Gasteiger partial charge in [0, 0.05) is 51.3 Å². The van der Waals surface area contributed by atoms with Gasteiger partial charge in [-0.05, 0) is 42.7 Å². The Kier molecular flexibility index (Phi) is 8.47. The van der Waals surface area contributed by atoms with Gasteiger partial charge in [0.25, 0.3) is 5.91 Å². The Labute approximate surface area is 185 Å². The molecule has 0 radical (unpaired) electrons. The van der Waals surface area contributed by atoms with Crippen molar-refractivity contribution in [1.29, 1.82) is 0 Å². The number of piperazine rings is 1. The molecule has 166 valence electrons. The molecule has 0 spiro atoms. The molecule has 3 rings (SSSR count). The van der Waals surface area contributed by atoms with E-state index in [0.29, 0.717) is 31.7 Å². The zero-order valence-electron chi connectivity index (χ0n) is 18.5. The summed E-state index contributed by atoms with van der Waals surface area (Å²) in [5, 5.41) is 3.26. The summed E-state index contributed by atoms with van der Waals surface area (Å²) in [6.45, 7) is 8.71. The zero-order chi connectivity index (χ0) is 22.1. The van der Waals surface area contributed by atoms with Crippen molar-refractivity contribution in [2.75, 3.05) is 45.9 Å². The van der Waals surface area contributed by atoms with E-state index in [1.807, 2.05) is 47.1 Å². The summed E-state index contributed by atoms with van der Waals surface area (Å²) < 4.78 is 5.49. The van der Waals surface area contributed by atoms with Crippen molar-refractivity contribution in [1.82, 2.24) is 15.1 Å². The minimum absolute atomic E-state index is 0.0565. The Morgan fingerprint density at radius 2 is 1.74 bits per heavy atom. The smallest absolute Gasteiger partial charge is 0.253 e. The van der Waals surface area contributed by atoms with E-state index >= 15 is 0 Å². The SMILES string of the molecule is CCOc1ccc(C(=O)N(CCC(=O)N2CCNCC2)CC(C)c2ccccc2)cc1. The minimum Gasteiger partial charge on any atom is -0.494 e. The van der Waals surface area contributed by atoms with E-state index in [2.05, 4.69) is 24.4 Å². The van der Waals surface area contributed by atoms with E-state index in [1.165, 1.54) is 5.56 Å². The monoisotopic (exact) mass is 423 g/mol. The molecule has 1 saturated heterocycles. The van der Waals surface area contributed by atoms with Crippen LogP contribution in [0.5, 0.6) is 5.75 Å². The first-order chi connectivity index (χ1) is 15.1. The largest absolute Gasteiger partial charge is 0.494 e. The Balaban J connectivity index is 1.70. The van der Waals surface area contributed by atoms with Gasteiger partial charge >= 0.3 is 0 Å². The van der Waals surface area contributed by atoms with E-state index < -0.39 is 0 Å². The van der Waals surface area contributed by atoms with E-state index in [9.17, 15) is 9.59 Å². The van der Waals surface area contributed by atoms with Gasteiger partial charge in [-0.3, -0.25) is 9.59 Å². The Bertz CT molecular complexity index is 833. The zero-order valence-corrected chi connectivity index (χ0v) is 18.5.